The number of carbonyl (C=O) groups excluding carboxylic acids is 1. The first-order valence-corrected chi connectivity index (χ1v) is 18.4. The van der Waals surface area contributed by atoms with Gasteiger partial charge in [-0.3, -0.25) is 9.59 Å². The van der Waals surface area contributed by atoms with Crippen LogP contribution < -0.4 is 5.32 Å². The summed E-state index contributed by atoms with van der Waals surface area (Å²) in [5.41, 5.74) is 0.655. The van der Waals surface area contributed by atoms with E-state index in [1.165, 1.54) is 12.5 Å². The molecule has 272 valence electrons. The molecule has 5 fully saturated rings. The van der Waals surface area contributed by atoms with Gasteiger partial charge in [0.15, 0.2) is 6.29 Å². The van der Waals surface area contributed by atoms with Crippen molar-refractivity contribution in [3.05, 3.63) is 11.6 Å². The number of carboxylic acids is 1. The number of aliphatic hydroxyl groups excluding tert-OH is 4. The maximum absolute atomic E-state index is 12.5. The number of amides is 1. The van der Waals surface area contributed by atoms with Crippen LogP contribution in [0, 0.1) is 56.7 Å². The Kier molecular flexibility index (Phi) is 9.07. The smallest absolute Gasteiger partial charge is 0.306 e. The summed E-state index contributed by atoms with van der Waals surface area (Å²) in [5.74, 6) is -1.21. The largest absolute Gasteiger partial charge is 0.481 e. The zero-order valence-corrected chi connectivity index (χ0v) is 30.2. The zero-order chi connectivity index (χ0) is 35.4. The molecule has 1 heterocycles. The van der Waals surface area contributed by atoms with Crippen molar-refractivity contribution >= 4 is 11.9 Å². The molecule has 5 unspecified atom stereocenters. The monoisotopic (exact) mass is 675 g/mol. The first-order valence-electron chi connectivity index (χ1n) is 18.4. The maximum Gasteiger partial charge on any atom is 0.306 e. The minimum Gasteiger partial charge on any atom is -0.481 e. The highest BCUT2D eigenvalue weighted by Gasteiger charge is 2.69. The van der Waals surface area contributed by atoms with Gasteiger partial charge in [0, 0.05) is 12.8 Å². The van der Waals surface area contributed by atoms with E-state index >= 15 is 0 Å². The molecule has 5 aliphatic carbocycles. The highest BCUT2D eigenvalue weighted by molar-refractivity contribution is 5.73. The third kappa shape index (κ3) is 5.33. The van der Waals surface area contributed by atoms with Crippen LogP contribution in [-0.4, -0.2) is 86.9 Å². The second-order valence-electron chi connectivity index (χ2n) is 18.7. The van der Waals surface area contributed by atoms with E-state index in [0.29, 0.717) is 24.7 Å². The van der Waals surface area contributed by atoms with Crippen LogP contribution in [0.15, 0.2) is 11.6 Å². The Labute approximate surface area is 286 Å². The SMILES string of the molecule is CC(=O)N[C@H]1[C@H](O[C@H]2CC[C@@]3(C)C(CC[C@]4(C)C3CC=C3C5CC(C)(C)CC(C(=O)O)C5[C@H](O)C[C@]34C)C2(C)C)O[C@H](CO)[C@@H](O)[C@@H]1O. The van der Waals surface area contributed by atoms with Crippen molar-refractivity contribution in [3.63, 3.8) is 0 Å². The van der Waals surface area contributed by atoms with E-state index in [1.807, 2.05) is 0 Å². The van der Waals surface area contributed by atoms with E-state index in [4.69, 9.17) is 9.47 Å². The van der Waals surface area contributed by atoms with Crippen LogP contribution in [0.5, 0.6) is 0 Å². The van der Waals surface area contributed by atoms with Gasteiger partial charge < -0.3 is 40.3 Å². The number of allylic oxidation sites excluding steroid dienone is 2. The maximum atomic E-state index is 12.5. The molecule has 1 amide bonds. The number of rotatable bonds is 5. The molecule has 1 saturated heterocycles. The second kappa shape index (κ2) is 12.0. The number of nitrogens with one attached hydrogen (secondary N) is 1. The number of hydrogen-bond donors (Lipinski definition) is 6. The predicted octanol–water partition coefficient (Wildman–Crippen LogP) is 4.03. The molecule has 15 atom stereocenters. The zero-order valence-electron chi connectivity index (χ0n) is 30.2. The molecule has 6 rings (SSSR count). The fraction of sp³-hybridized carbons (Fsp3) is 0.895. The van der Waals surface area contributed by atoms with Gasteiger partial charge in [-0.1, -0.05) is 60.1 Å². The summed E-state index contributed by atoms with van der Waals surface area (Å²) >= 11 is 0. The third-order valence-electron chi connectivity index (χ3n) is 15.3. The molecule has 0 aromatic rings. The van der Waals surface area contributed by atoms with Crippen molar-refractivity contribution in [3.8, 4) is 0 Å². The Hall–Kier alpha value is -1.56. The summed E-state index contributed by atoms with van der Waals surface area (Å²) in [6.45, 7) is 17.0. The van der Waals surface area contributed by atoms with Gasteiger partial charge in [-0.25, -0.2) is 0 Å². The van der Waals surface area contributed by atoms with E-state index in [-0.39, 0.29) is 50.9 Å². The van der Waals surface area contributed by atoms with Crippen LogP contribution in [0.2, 0.25) is 0 Å². The fourth-order valence-electron chi connectivity index (χ4n) is 12.9. The predicted molar refractivity (Wildman–Crippen MR) is 178 cm³/mol. The molecule has 0 aromatic carbocycles. The van der Waals surface area contributed by atoms with Gasteiger partial charge in [-0.05, 0) is 96.2 Å². The van der Waals surface area contributed by atoms with Crippen molar-refractivity contribution in [2.75, 3.05) is 6.61 Å². The molecular formula is C38H61NO9. The van der Waals surface area contributed by atoms with E-state index in [0.717, 1.165) is 38.5 Å². The molecule has 48 heavy (non-hydrogen) atoms. The van der Waals surface area contributed by atoms with Gasteiger partial charge in [0.05, 0.1) is 24.7 Å². The Balaban J connectivity index is 1.29. The number of aliphatic carboxylic acids is 1. The number of ether oxygens (including phenoxy) is 2. The van der Waals surface area contributed by atoms with Crippen molar-refractivity contribution in [1.29, 1.82) is 0 Å². The lowest BCUT2D eigenvalue weighted by Gasteiger charge is -2.71. The van der Waals surface area contributed by atoms with Crippen LogP contribution in [0.25, 0.3) is 0 Å². The van der Waals surface area contributed by atoms with Gasteiger partial charge in [0.2, 0.25) is 5.91 Å². The standard InChI is InChI=1S/C38H61NO9/c1-19(41)39-29-31(44)30(43)24(18-40)47-33(29)48-27-12-13-36(6)25(35(27,4)5)11-14-37(7)26(36)10-9-22-20-15-34(2,3)16-21(32(45)46)28(20)23(42)17-38(22,37)8/h9,20-21,23-31,33,40,42-44H,10-18H2,1-8H3,(H,39,41)(H,45,46)/t20?,21?,23-,24-,25?,26?,27+,28?,29-,30-,31-,33+,36+,37-,38-/m1/s1. The van der Waals surface area contributed by atoms with Gasteiger partial charge in [0.1, 0.15) is 24.4 Å². The van der Waals surface area contributed by atoms with Crippen LogP contribution >= 0.6 is 0 Å². The van der Waals surface area contributed by atoms with Crippen molar-refractivity contribution in [1.82, 2.24) is 5.32 Å². The van der Waals surface area contributed by atoms with Crippen molar-refractivity contribution < 1.29 is 44.6 Å². The Bertz CT molecular complexity index is 1310. The van der Waals surface area contributed by atoms with Gasteiger partial charge in [-0.2, -0.15) is 0 Å². The molecule has 6 N–H and O–H groups in total. The number of aliphatic hydroxyl groups is 4. The first-order chi connectivity index (χ1) is 22.2. The topological polar surface area (TPSA) is 166 Å². The van der Waals surface area contributed by atoms with E-state index in [1.54, 1.807) is 0 Å². The average Bonchev–Trinajstić information content (AvgIpc) is 2.97. The molecule has 1 aliphatic heterocycles. The Morgan fingerprint density at radius 2 is 1.65 bits per heavy atom. The lowest BCUT2D eigenvalue weighted by Crippen LogP contribution is -2.67. The number of hydrogen-bond acceptors (Lipinski definition) is 8. The van der Waals surface area contributed by atoms with Crippen molar-refractivity contribution in [2.45, 2.75) is 150 Å². The highest BCUT2D eigenvalue weighted by Crippen LogP contribution is 2.75. The van der Waals surface area contributed by atoms with Gasteiger partial charge in [0.25, 0.3) is 0 Å². The lowest BCUT2D eigenvalue weighted by molar-refractivity contribution is -0.307. The Morgan fingerprint density at radius 3 is 2.27 bits per heavy atom. The van der Waals surface area contributed by atoms with Gasteiger partial charge >= 0.3 is 5.97 Å². The molecule has 10 heteroatoms. The van der Waals surface area contributed by atoms with Crippen LogP contribution in [0.1, 0.15) is 107 Å². The molecule has 0 radical (unpaired) electrons. The summed E-state index contributed by atoms with van der Waals surface area (Å²) in [6.07, 6.45) is 3.45. The first kappa shape index (κ1) is 36.2. The molecule has 6 aliphatic rings. The van der Waals surface area contributed by atoms with E-state index in [2.05, 4.69) is 59.9 Å². The normalized spacial score (nSPS) is 50.9. The molecule has 10 nitrogen and oxygen atoms in total. The Morgan fingerprint density at radius 1 is 0.958 bits per heavy atom. The number of carboxylic acid groups (broad SMARTS) is 1. The minimum absolute atomic E-state index is 0.0214. The third-order valence-corrected chi connectivity index (χ3v) is 15.3. The van der Waals surface area contributed by atoms with Crippen LogP contribution in [-0.2, 0) is 19.1 Å². The van der Waals surface area contributed by atoms with Crippen LogP contribution in [0.3, 0.4) is 0 Å². The number of fused-ring (bicyclic) bond motifs is 7. The van der Waals surface area contributed by atoms with E-state index in [9.17, 15) is 35.1 Å². The van der Waals surface area contributed by atoms with Crippen LogP contribution in [0.4, 0.5) is 0 Å². The average molecular weight is 676 g/mol. The minimum atomic E-state index is -1.36. The molecule has 4 saturated carbocycles. The lowest BCUT2D eigenvalue weighted by atomic mass is 9.34. The fourth-order valence-corrected chi connectivity index (χ4v) is 12.9. The van der Waals surface area contributed by atoms with E-state index < -0.39 is 55.2 Å². The molecule has 0 spiro atoms. The number of carbonyl (C=O) groups is 2. The quantitative estimate of drug-likeness (QED) is 0.186. The summed E-state index contributed by atoms with van der Waals surface area (Å²) in [6, 6.07) is -0.979. The second-order valence-corrected chi connectivity index (χ2v) is 18.7. The summed E-state index contributed by atoms with van der Waals surface area (Å²) < 4.78 is 12.7. The molecule has 0 aromatic heterocycles. The highest BCUT2D eigenvalue weighted by atomic mass is 16.7. The van der Waals surface area contributed by atoms with Gasteiger partial charge in [-0.15, -0.1) is 0 Å². The molecular weight excluding hydrogens is 614 g/mol. The summed E-state index contributed by atoms with van der Waals surface area (Å²) in [7, 11) is 0. The summed E-state index contributed by atoms with van der Waals surface area (Å²) in [5, 5.41) is 56.1. The van der Waals surface area contributed by atoms with Crippen molar-refractivity contribution in [2.24, 2.45) is 56.7 Å². The molecule has 0 bridgehead atoms. The summed E-state index contributed by atoms with van der Waals surface area (Å²) in [4.78, 5) is 24.6.